The van der Waals surface area contributed by atoms with Gasteiger partial charge in [0.25, 0.3) is 0 Å². The van der Waals surface area contributed by atoms with Gasteiger partial charge in [0.1, 0.15) is 24.4 Å². The summed E-state index contributed by atoms with van der Waals surface area (Å²) >= 11 is 0. The molecular formula is C12H20O6. The summed E-state index contributed by atoms with van der Waals surface area (Å²) in [7, 11) is 0. The first-order valence-electron chi connectivity index (χ1n) is 6.29. The fourth-order valence-corrected chi connectivity index (χ4v) is 2.84. The molecule has 6 nitrogen and oxygen atoms in total. The minimum Gasteiger partial charge on any atom is -0.394 e. The van der Waals surface area contributed by atoms with E-state index in [-0.39, 0.29) is 24.9 Å². The Labute approximate surface area is 106 Å². The van der Waals surface area contributed by atoms with Gasteiger partial charge >= 0.3 is 0 Å². The topological polar surface area (TPSA) is 66.4 Å². The third-order valence-electron chi connectivity index (χ3n) is 3.43. The fraction of sp³-hybridized carbons (Fsp3) is 1.00. The van der Waals surface area contributed by atoms with Crippen LogP contribution in [-0.2, 0) is 23.7 Å². The van der Waals surface area contributed by atoms with Crippen LogP contribution in [0.15, 0.2) is 0 Å². The Bertz CT molecular complexity index is 341. The summed E-state index contributed by atoms with van der Waals surface area (Å²) in [6, 6.07) is 0. The zero-order chi connectivity index (χ0) is 13.1. The van der Waals surface area contributed by atoms with E-state index in [1.807, 2.05) is 27.7 Å². The lowest BCUT2D eigenvalue weighted by molar-refractivity contribution is -0.240. The van der Waals surface area contributed by atoms with Crippen molar-refractivity contribution in [3.63, 3.8) is 0 Å². The Kier molecular flexibility index (Phi) is 2.75. The molecule has 3 saturated heterocycles. The number of fused-ring (bicyclic) bond motifs is 3. The molecule has 0 amide bonds. The lowest BCUT2D eigenvalue weighted by Crippen LogP contribution is -2.56. The SMILES string of the molecule is CC1(C)O[C@H]2O[C@H](CO)[C@@H]3OC(C)(C)OC3[C@H]2O1. The van der Waals surface area contributed by atoms with Gasteiger partial charge in [-0.05, 0) is 27.7 Å². The van der Waals surface area contributed by atoms with Crippen molar-refractivity contribution in [2.45, 2.75) is 70.0 Å². The molecule has 3 rings (SSSR count). The molecular weight excluding hydrogens is 240 g/mol. The average Bonchev–Trinajstić information content (AvgIpc) is 2.71. The number of aliphatic hydroxyl groups is 1. The van der Waals surface area contributed by atoms with Gasteiger partial charge < -0.3 is 28.8 Å². The lowest BCUT2D eigenvalue weighted by Gasteiger charge is -2.36. The maximum atomic E-state index is 9.40. The second-order valence-corrected chi connectivity index (χ2v) is 5.89. The van der Waals surface area contributed by atoms with Gasteiger partial charge in [0.2, 0.25) is 0 Å². The van der Waals surface area contributed by atoms with Crippen molar-refractivity contribution in [3.8, 4) is 0 Å². The Morgan fingerprint density at radius 1 is 0.833 bits per heavy atom. The molecule has 3 fully saturated rings. The molecule has 0 radical (unpaired) electrons. The molecule has 0 aliphatic carbocycles. The molecule has 18 heavy (non-hydrogen) atoms. The van der Waals surface area contributed by atoms with Crippen molar-refractivity contribution < 1.29 is 28.8 Å². The van der Waals surface area contributed by atoms with Crippen molar-refractivity contribution in [2.75, 3.05) is 6.61 Å². The second kappa shape index (κ2) is 3.88. The molecule has 104 valence electrons. The van der Waals surface area contributed by atoms with Crippen molar-refractivity contribution >= 4 is 0 Å². The average molecular weight is 260 g/mol. The highest BCUT2D eigenvalue weighted by molar-refractivity contribution is 4.99. The monoisotopic (exact) mass is 260 g/mol. The number of hydrogen-bond donors (Lipinski definition) is 1. The number of aliphatic hydroxyl groups excluding tert-OH is 1. The van der Waals surface area contributed by atoms with E-state index in [9.17, 15) is 5.11 Å². The van der Waals surface area contributed by atoms with Gasteiger partial charge in [-0.15, -0.1) is 0 Å². The third-order valence-corrected chi connectivity index (χ3v) is 3.43. The van der Waals surface area contributed by atoms with Gasteiger partial charge in [-0.3, -0.25) is 0 Å². The van der Waals surface area contributed by atoms with E-state index in [2.05, 4.69) is 0 Å². The summed E-state index contributed by atoms with van der Waals surface area (Å²) in [4.78, 5) is 0. The highest BCUT2D eigenvalue weighted by Crippen LogP contribution is 2.43. The molecule has 6 heteroatoms. The molecule has 3 aliphatic rings. The second-order valence-electron chi connectivity index (χ2n) is 5.89. The molecule has 0 aromatic heterocycles. The minimum atomic E-state index is -0.708. The van der Waals surface area contributed by atoms with Crippen LogP contribution in [0.2, 0.25) is 0 Å². The van der Waals surface area contributed by atoms with E-state index in [4.69, 9.17) is 23.7 Å². The smallest absolute Gasteiger partial charge is 0.190 e. The summed E-state index contributed by atoms with van der Waals surface area (Å²) in [5.41, 5.74) is 0. The molecule has 0 aromatic carbocycles. The Morgan fingerprint density at radius 2 is 1.39 bits per heavy atom. The molecule has 0 bridgehead atoms. The highest BCUT2D eigenvalue weighted by Gasteiger charge is 2.60. The van der Waals surface area contributed by atoms with Crippen LogP contribution in [-0.4, -0.2) is 54.0 Å². The third kappa shape index (κ3) is 1.97. The lowest BCUT2D eigenvalue weighted by atomic mass is 9.99. The van der Waals surface area contributed by atoms with Gasteiger partial charge in [0.15, 0.2) is 17.9 Å². The normalized spacial score (nSPS) is 48.8. The summed E-state index contributed by atoms with van der Waals surface area (Å²) in [6.45, 7) is 7.22. The molecule has 0 saturated carbocycles. The Hall–Kier alpha value is -0.240. The first-order chi connectivity index (χ1) is 8.31. The van der Waals surface area contributed by atoms with Crippen LogP contribution in [0, 0.1) is 0 Å². The predicted molar refractivity (Wildman–Crippen MR) is 59.6 cm³/mol. The molecule has 5 atom stereocenters. The van der Waals surface area contributed by atoms with Crippen molar-refractivity contribution in [2.24, 2.45) is 0 Å². The number of hydrogen-bond acceptors (Lipinski definition) is 6. The maximum Gasteiger partial charge on any atom is 0.190 e. The molecule has 1 N–H and O–H groups in total. The number of rotatable bonds is 1. The predicted octanol–water partition coefficient (Wildman–Crippen LogP) is 0.375. The first kappa shape index (κ1) is 12.8. The quantitative estimate of drug-likeness (QED) is 0.735. The molecule has 1 unspecified atom stereocenters. The van der Waals surface area contributed by atoms with E-state index in [0.717, 1.165) is 0 Å². The van der Waals surface area contributed by atoms with Crippen LogP contribution < -0.4 is 0 Å². The fourth-order valence-electron chi connectivity index (χ4n) is 2.84. The van der Waals surface area contributed by atoms with E-state index in [0.29, 0.717) is 0 Å². The van der Waals surface area contributed by atoms with Gasteiger partial charge in [0.05, 0.1) is 6.61 Å². The van der Waals surface area contributed by atoms with Crippen LogP contribution >= 0.6 is 0 Å². The van der Waals surface area contributed by atoms with Crippen LogP contribution in [0.1, 0.15) is 27.7 Å². The zero-order valence-electron chi connectivity index (χ0n) is 11.1. The van der Waals surface area contributed by atoms with Crippen LogP contribution in [0.4, 0.5) is 0 Å². The summed E-state index contributed by atoms with van der Waals surface area (Å²) in [5, 5.41) is 9.40. The molecule has 0 spiro atoms. The zero-order valence-corrected chi connectivity index (χ0v) is 11.1. The Balaban J connectivity index is 1.86. The molecule has 0 aromatic rings. The van der Waals surface area contributed by atoms with E-state index in [1.54, 1.807) is 0 Å². The van der Waals surface area contributed by atoms with E-state index < -0.39 is 24.0 Å². The van der Waals surface area contributed by atoms with Crippen LogP contribution in [0.5, 0.6) is 0 Å². The van der Waals surface area contributed by atoms with Crippen LogP contribution in [0.3, 0.4) is 0 Å². The summed E-state index contributed by atoms with van der Waals surface area (Å²) in [6.07, 6.45) is -1.90. The summed E-state index contributed by atoms with van der Waals surface area (Å²) in [5.74, 6) is -1.41. The first-order valence-corrected chi connectivity index (χ1v) is 6.29. The summed E-state index contributed by atoms with van der Waals surface area (Å²) < 4.78 is 28.9. The Morgan fingerprint density at radius 3 is 2.06 bits per heavy atom. The minimum absolute atomic E-state index is 0.131. The van der Waals surface area contributed by atoms with Crippen molar-refractivity contribution in [1.29, 1.82) is 0 Å². The van der Waals surface area contributed by atoms with Crippen LogP contribution in [0.25, 0.3) is 0 Å². The van der Waals surface area contributed by atoms with Gasteiger partial charge in [-0.1, -0.05) is 0 Å². The standard InChI is InChI=1S/C12H20O6/c1-11(2)15-7-6(5-13)14-10-9(8(7)16-11)17-12(3,4)18-10/h6-10,13H,5H2,1-4H3/t6-,7+,8?,9-,10-/m1/s1. The largest absolute Gasteiger partial charge is 0.394 e. The van der Waals surface area contributed by atoms with E-state index in [1.165, 1.54) is 0 Å². The molecule has 3 aliphatic heterocycles. The molecule has 3 heterocycles. The highest BCUT2D eigenvalue weighted by atomic mass is 16.9. The van der Waals surface area contributed by atoms with Gasteiger partial charge in [0, 0.05) is 0 Å². The number of ether oxygens (including phenoxy) is 5. The maximum absolute atomic E-state index is 9.40. The van der Waals surface area contributed by atoms with Crippen molar-refractivity contribution in [3.05, 3.63) is 0 Å². The van der Waals surface area contributed by atoms with Crippen molar-refractivity contribution in [1.82, 2.24) is 0 Å². The van der Waals surface area contributed by atoms with E-state index >= 15 is 0 Å². The van der Waals surface area contributed by atoms with Gasteiger partial charge in [-0.25, -0.2) is 0 Å². The van der Waals surface area contributed by atoms with Gasteiger partial charge in [-0.2, -0.15) is 0 Å².